The van der Waals surface area contributed by atoms with Gasteiger partial charge in [-0.05, 0) is 62.1 Å². The molecule has 1 aliphatic heterocycles. The SMILES string of the molecule is C[C@H](O)CN[C@H]1CCCN(Cc2cc(Cl)c(OCC3CC3)c3ccccc23)C1. The van der Waals surface area contributed by atoms with Gasteiger partial charge in [0.05, 0.1) is 17.7 Å². The van der Waals surface area contributed by atoms with Gasteiger partial charge in [-0.1, -0.05) is 35.9 Å². The van der Waals surface area contributed by atoms with Crippen LogP contribution in [-0.4, -0.2) is 48.4 Å². The van der Waals surface area contributed by atoms with Crippen LogP contribution >= 0.6 is 11.6 Å². The van der Waals surface area contributed by atoms with Crippen molar-refractivity contribution in [1.29, 1.82) is 0 Å². The highest BCUT2D eigenvalue weighted by Gasteiger charge is 2.24. The lowest BCUT2D eigenvalue weighted by Crippen LogP contribution is -2.46. The zero-order chi connectivity index (χ0) is 19.5. The minimum Gasteiger partial charge on any atom is -0.491 e. The lowest BCUT2D eigenvalue weighted by molar-refractivity contribution is 0.153. The van der Waals surface area contributed by atoms with Gasteiger partial charge in [0, 0.05) is 31.1 Å². The summed E-state index contributed by atoms with van der Waals surface area (Å²) in [5.41, 5.74) is 1.26. The van der Waals surface area contributed by atoms with Gasteiger partial charge >= 0.3 is 0 Å². The highest BCUT2D eigenvalue weighted by Crippen LogP contribution is 2.38. The molecule has 1 heterocycles. The van der Waals surface area contributed by atoms with Crippen LogP contribution in [0.15, 0.2) is 30.3 Å². The van der Waals surface area contributed by atoms with E-state index in [1.165, 1.54) is 36.6 Å². The lowest BCUT2D eigenvalue weighted by atomic mass is 10.0. The van der Waals surface area contributed by atoms with Crippen LogP contribution in [0.5, 0.6) is 5.75 Å². The van der Waals surface area contributed by atoms with E-state index in [1.807, 2.05) is 6.92 Å². The molecule has 2 N–H and O–H groups in total. The van der Waals surface area contributed by atoms with Crippen LogP contribution < -0.4 is 10.1 Å². The van der Waals surface area contributed by atoms with Gasteiger partial charge in [0.25, 0.3) is 0 Å². The number of piperidine rings is 1. The van der Waals surface area contributed by atoms with Crippen molar-refractivity contribution in [3.8, 4) is 5.75 Å². The Kier molecular flexibility index (Phi) is 6.42. The molecular formula is C23H31ClN2O2. The summed E-state index contributed by atoms with van der Waals surface area (Å²) in [5.74, 6) is 1.54. The highest BCUT2D eigenvalue weighted by molar-refractivity contribution is 6.33. The van der Waals surface area contributed by atoms with Crippen LogP contribution in [0.3, 0.4) is 0 Å². The van der Waals surface area contributed by atoms with Crippen molar-refractivity contribution in [2.24, 2.45) is 5.92 Å². The predicted octanol–water partition coefficient (Wildman–Crippen LogP) is 4.22. The second kappa shape index (κ2) is 9.00. The van der Waals surface area contributed by atoms with E-state index in [4.69, 9.17) is 16.3 Å². The zero-order valence-electron chi connectivity index (χ0n) is 16.7. The highest BCUT2D eigenvalue weighted by atomic mass is 35.5. The minimum absolute atomic E-state index is 0.304. The maximum atomic E-state index is 9.54. The third-order valence-corrected chi connectivity index (χ3v) is 6.08. The molecule has 2 aromatic carbocycles. The molecule has 1 aliphatic carbocycles. The van der Waals surface area contributed by atoms with Gasteiger partial charge in [-0.25, -0.2) is 0 Å². The van der Waals surface area contributed by atoms with E-state index in [0.717, 1.165) is 42.4 Å². The third kappa shape index (κ3) is 4.98. The molecular weight excluding hydrogens is 372 g/mol. The molecule has 1 saturated carbocycles. The van der Waals surface area contributed by atoms with E-state index in [9.17, 15) is 5.11 Å². The molecule has 4 rings (SSSR count). The number of hydrogen-bond acceptors (Lipinski definition) is 4. The summed E-state index contributed by atoms with van der Waals surface area (Å²) in [5, 5.41) is 16.1. The number of nitrogens with one attached hydrogen (secondary N) is 1. The average Bonchev–Trinajstić information content (AvgIpc) is 3.51. The molecule has 0 bridgehead atoms. The monoisotopic (exact) mass is 402 g/mol. The van der Waals surface area contributed by atoms with Gasteiger partial charge in [0.15, 0.2) is 0 Å². The van der Waals surface area contributed by atoms with Crippen LogP contribution in [0.1, 0.15) is 38.2 Å². The first-order chi connectivity index (χ1) is 13.6. The summed E-state index contributed by atoms with van der Waals surface area (Å²) < 4.78 is 6.11. The summed E-state index contributed by atoms with van der Waals surface area (Å²) in [7, 11) is 0. The molecule has 0 unspecified atom stereocenters. The van der Waals surface area contributed by atoms with E-state index in [0.29, 0.717) is 18.5 Å². The van der Waals surface area contributed by atoms with E-state index in [-0.39, 0.29) is 6.10 Å². The molecule has 4 nitrogen and oxygen atoms in total. The van der Waals surface area contributed by atoms with E-state index in [1.54, 1.807) is 0 Å². The van der Waals surface area contributed by atoms with Gasteiger partial charge in [0.1, 0.15) is 5.75 Å². The summed E-state index contributed by atoms with van der Waals surface area (Å²) in [6, 6.07) is 11.0. The number of halogens is 1. The van der Waals surface area contributed by atoms with Crippen molar-refractivity contribution in [2.75, 3.05) is 26.2 Å². The number of benzene rings is 2. The zero-order valence-corrected chi connectivity index (χ0v) is 17.4. The minimum atomic E-state index is -0.304. The van der Waals surface area contributed by atoms with Crippen molar-refractivity contribution in [3.63, 3.8) is 0 Å². The summed E-state index contributed by atoms with van der Waals surface area (Å²) >= 11 is 6.66. The first-order valence-electron chi connectivity index (χ1n) is 10.6. The predicted molar refractivity (Wildman–Crippen MR) is 115 cm³/mol. The Balaban J connectivity index is 1.51. The van der Waals surface area contributed by atoms with Crippen LogP contribution in [0.2, 0.25) is 5.02 Å². The molecule has 5 heteroatoms. The van der Waals surface area contributed by atoms with Gasteiger partial charge in [-0.2, -0.15) is 0 Å². The number of rotatable bonds is 8. The van der Waals surface area contributed by atoms with Crippen molar-refractivity contribution in [3.05, 3.63) is 40.9 Å². The molecule has 0 amide bonds. The molecule has 0 aromatic heterocycles. The average molecular weight is 403 g/mol. The first kappa shape index (κ1) is 20.0. The summed E-state index contributed by atoms with van der Waals surface area (Å²) in [6.07, 6.45) is 4.57. The van der Waals surface area contributed by atoms with Gasteiger partial charge < -0.3 is 15.2 Å². The molecule has 2 aliphatic rings. The summed E-state index contributed by atoms with van der Waals surface area (Å²) in [4.78, 5) is 2.49. The van der Waals surface area contributed by atoms with Crippen LogP contribution in [-0.2, 0) is 6.54 Å². The Bertz CT molecular complexity index is 807. The molecule has 1 saturated heterocycles. The maximum Gasteiger partial charge on any atom is 0.145 e. The molecule has 2 atom stereocenters. The molecule has 152 valence electrons. The fourth-order valence-electron chi connectivity index (χ4n) is 4.09. The van der Waals surface area contributed by atoms with Gasteiger partial charge in [0.2, 0.25) is 0 Å². The fraction of sp³-hybridized carbons (Fsp3) is 0.565. The topological polar surface area (TPSA) is 44.7 Å². The van der Waals surface area contributed by atoms with Gasteiger partial charge in [-0.15, -0.1) is 0 Å². The third-order valence-electron chi connectivity index (χ3n) is 5.80. The van der Waals surface area contributed by atoms with Crippen molar-refractivity contribution < 1.29 is 9.84 Å². The quantitative estimate of drug-likeness (QED) is 0.694. The normalized spacial score (nSPS) is 21.8. The number of fused-ring (bicyclic) bond motifs is 1. The van der Waals surface area contributed by atoms with E-state index < -0.39 is 0 Å². The van der Waals surface area contributed by atoms with Crippen molar-refractivity contribution >= 4 is 22.4 Å². The van der Waals surface area contributed by atoms with Crippen molar-refractivity contribution in [1.82, 2.24) is 10.2 Å². The second-order valence-electron chi connectivity index (χ2n) is 8.48. The second-order valence-corrected chi connectivity index (χ2v) is 8.89. The van der Waals surface area contributed by atoms with Crippen LogP contribution in [0, 0.1) is 5.92 Å². The Labute approximate surface area is 172 Å². The fourth-order valence-corrected chi connectivity index (χ4v) is 4.38. The van der Waals surface area contributed by atoms with E-state index >= 15 is 0 Å². The number of hydrogen-bond donors (Lipinski definition) is 2. The molecule has 0 radical (unpaired) electrons. The molecule has 2 fully saturated rings. The van der Waals surface area contributed by atoms with Crippen molar-refractivity contribution in [2.45, 2.75) is 51.3 Å². The largest absolute Gasteiger partial charge is 0.491 e. The van der Waals surface area contributed by atoms with E-state index in [2.05, 4.69) is 40.5 Å². The number of likely N-dealkylation sites (tertiary alicyclic amines) is 1. The number of ether oxygens (including phenoxy) is 1. The van der Waals surface area contributed by atoms with Gasteiger partial charge in [-0.3, -0.25) is 4.90 Å². The number of aliphatic hydroxyl groups is 1. The van der Waals surface area contributed by atoms with Crippen LogP contribution in [0.25, 0.3) is 10.8 Å². The lowest BCUT2D eigenvalue weighted by Gasteiger charge is -2.34. The Morgan fingerprint density at radius 1 is 1.25 bits per heavy atom. The summed E-state index contributed by atoms with van der Waals surface area (Å²) in [6.45, 7) is 6.23. The molecule has 0 spiro atoms. The Morgan fingerprint density at radius 3 is 2.79 bits per heavy atom. The molecule has 2 aromatic rings. The Morgan fingerprint density at radius 2 is 2.04 bits per heavy atom. The smallest absolute Gasteiger partial charge is 0.145 e. The maximum absolute atomic E-state index is 9.54. The number of nitrogens with zero attached hydrogens (tertiary/aromatic N) is 1. The van der Waals surface area contributed by atoms with Crippen LogP contribution in [0.4, 0.5) is 0 Å². The standard InChI is InChI=1S/C23H31ClN2O2/c1-16(27)12-25-19-5-4-10-26(14-19)13-18-11-22(24)23(28-15-17-8-9-17)21-7-3-2-6-20(18)21/h2-3,6-7,11,16-17,19,25,27H,4-5,8-10,12-15H2,1H3/t16-,19-/m0/s1. The Hall–Kier alpha value is -1.33. The first-order valence-corrected chi connectivity index (χ1v) is 10.9. The molecule has 28 heavy (non-hydrogen) atoms. The number of aliphatic hydroxyl groups excluding tert-OH is 1.